The standard InChI is InChI=1S/C10H14ClN/c1-2-3-4-5-9-6-7-10(11)12-8-9/h6-8H,2-5H2,1H3. The summed E-state index contributed by atoms with van der Waals surface area (Å²) in [6.45, 7) is 2.21. The summed E-state index contributed by atoms with van der Waals surface area (Å²) in [5, 5.41) is 0.578. The van der Waals surface area contributed by atoms with Crippen molar-refractivity contribution in [2.24, 2.45) is 0 Å². The molecule has 66 valence electrons. The smallest absolute Gasteiger partial charge is 0.129 e. The van der Waals surface area contributed by atoms with Crippen LogP contribution in [-0.4, -0.2) is 4.98 Å². The van der Waals surface area contributed by atoms with Gasteiger partial charge in [-0.2, -0.15) is 0 Å². The van der Waals surface area contributed by atoms with Crippen LogP contribution in [0.1, 0.15) is 31.7 Å². The topological polar surface area (TPSA) is 12.9 Å². The molecule has 2 heteroatoms. The van der Waals surface area contributed by atoms with Gasteiger partial charge >= 0.3 is 0 Å². The molecule has 0 radical (unpaired) electrons. The summed E-state index contributed by atoms with van der Waals surface area (Å²) in [5.41, 5.74) is 1.29. The van der Waals surface area contributed by atoms with E-state index in [1.165, 1.54) is 24.8 Å². The van der Waals surface area contributed by atoms with Crippen molar-refractivity contribution < 1.29 is 0 Å². The van der Waals surface area contributed by atoms with Crippen molar-refractivity contribution in [3.05, 3.63) is 29.0 Å². The van der Waals surface area contributed by atoms with Crippen molar-refractivity contribution in [3.63, 3.8) is 0 Å². The lowest BCUT2D eigenvalue weighted by molar-refractivity contribution is 0.716. The molecular weight excluding hydrogens is 170 g/mol. The van der Waals surface area contributed by atoms with Gasteiger partial charge in [0.25, 0.3) is 0 Å². The number of rotatable bonds is 4. The van der Waals surface area contributed by atoms with Crippen LogP contribution in [0.3, 0.4) is 0 Å². The molecule has 0 saturated carbocycles. The predicted molar refractivity (Wildman–Crippen MR) is 52.5 cm³/mol. The molecule has 1 nitrogen and oxygen atoms in total. The van der Waals surface area contributed by atoms with Crippen LogP contribution in [0.25, 0.3) is 0 Å². The second-order valence-corrected chi connectivity index (χ2v) is 3.33. The van der Waals surface area contributed by atoms with Gasteiger partial charge in [-0.05, 0) is 24.5 Å². The lowest BCUT2D eigenvalue weighted by atomic mass is 10.1. The van der Waals surface area contributed by atoms with E-state index >= 15 is 0 Å². The molecule has 1 aromatic heterocycles. The van der Waals surface area contributed by atoms with E-state index in [0.717, 1.165) is 6.42 Å². The fraction of sp³-hybridized carbons (Fsp3) is 0.500. The van der Waals surface area contributed by atoms with Gasteiger partial charge in [0.05, 0.1) is 0 Å². The molecule has 1 heterocycles. The Kier molecular flexibility index (Phi) is 4.09. The van der Waals surface area contributed by atoms with Gasteiger partial charge in [-0.1, -0.05) is 37.4 Å². The molecule has 1 rings (SSSR count). The summed E-state index contributed by atoms with van der Waals surface area (Å²) in [6, 6.07) is 3.90. The van der Waals surface area contributed by atoms with Gasteiger partial charge in [0.2, 0.25) is 0 Å². The van der Waals surface area contributed by atoms with E-state index in [9.17, 15) is 0 Å². The van der Waals surface area contributed by atoms with Crippen LogP contribution in [-0.2, 0) is 6.42 Å². The molecule has 0 spiro atoms. The van der Waals surface area contributed by atoms with Crippen LogP contribution in [0.5, 0.6) is 0 Å². The lowest BCUT2D eigenvalue weighted by Gasteiger charge is -1.98. The van der Waals surface area contributed by atoms with Crippen LogP contribution in [0.4, 0.5) is 0 Å². The van der Waals surface area contributed by atoms with Crippen LogP contribution in [0.2, 0.25) is 5.15 Å². The number of hydrogen-bond donors (Lipinski definition) is 0. The van der Waals surface area contributed by atoms with Gasteiger partial charge in [-0.15, -0.1) is 0 Å². The van der Waals surface area contributed by atoms with Crippen molar-refractivity contribution in [1.82, 2.24) is 4.98 Å². The van der Waals surface area contributed by atoms with Crippen LogP contribution in [0.15, 0.2) is 18.3 Å². The summed E-state index contributed by atoms with van der Waals surface area (Å²) in [5.74, 6) is 0. The van der Waals surface area contributed by atoms with Gasteiger partial charge in [0, 0.05) is 6.20 Å². The first-order valence-corrected chi connectivity index (χ1v) is 4.81. The Morgan fingerprint density at radius 3 is 2.75 bits per heavy atom. The average molecular weight is 184 g/mol. The number of halogens is 1. The van der Waals surface area contributed by atoms with Gasteiger partial charge < -0.3 is 0 Å². The van der Waals surface area contributed by atoms with Crippen molar-refractivity contribution in [2.45, 2.75) is 32.6 Å². The highest BCUT2D eigenvalue weighted by atomic mass is 35.5. The molecular formula is C10H14ClN. The number of pyridine rings is 1. The second-order valence-electron chi connectivity index (χ2n) is 2.95. The molecule has 0 aliphatic carbocycles. The lowest BCUT2D eigenvalue weighted by Crippen LogP contribution is -1.86. The fourth-order valence-corrected chi connectivity index (χ4v) is 1.25. The Morgan fingerprint density at radius 1 is 1.33 bits per heavy atom. The van der Waals surface area contributed by atoms with Crippen molar-refractivity contribution in [2.75, 3.05) is 0 Å². The Balaban J connectivity index is 2.37. The maximum absolute atomic E-state index is 5.66. The zero-order valence-corrected chi connectivity index (χ0v) is 8.14. The summed E-state index contributed by atoms with van der Waals surface area (Å²) < 4.78 is 0. The average Bonchev–Trinajstić information content (AvgIpc) is 2.09. The van der Waals surface area contributed by atoms with E-state index in [-0.39, 0.29) is 0 Å². The van der Waals surface area contributed by atoms with Crippen LogP contribution >= 0.6 is 11.6 Å². The van der Waals surface area contributed by atoms with E-state index in [1.807, 2.05) is 18.3 Å². The van der Waals surface area contributed by atoms with Gasteiger partial charge in [-0.25, -0.2) is 4.98 Å². The summed E-state index contributed by atoms with van der Waals surface area (Å²) in [7, 11) is 0. The molecule has 0 aromatic carbocycles. The minimum atomic E-state index is 0.578. The van der Waals surface area contributed by atoms with Gasteiger partial charge in [-0.3, -0.25) is 0 Å². The third-order valence-corrected chi connectivity index (χ3v) is 2.08. The molecule has 0 atom stereocenters. The third-order valence-electron chi connectivity index (χ3n) is 1.86. The first-order chi connectivity index (χ1) is 5.83. The Morgan fingerprint density at radius 2 is 2.17 bits per heavy atom. The summed E-state index contributed by atoms with van der Waals surface area (Å²) in [4.78, 5) is 4.02. The first kappa shape index (κ1) is 9.53. The number of hydrogen-bond acceptors (Lipinski definition) is 1. The molecule has 0 aliphatic rings. The third kappa shape index (κ3) is 3.22. The summed E-state index contributed by atoms with van der Waals surface area (Å²) >= 11 is 5.66. The minimum Gasteiger partial charge on any atom is -0.244 e. The van der Waals surface area contributed by atoms with Gasteiger partial charge in [0.1, 0.15) is 5.15 Å². The number of aromatic nitrogens is 1. The van der Waals surface area contributed by atoms with Gasteiger partial charge in [0.15, 0.2) is 0 Å². The summed E-state index contributed by atoms with van der Waals surface area (Å²) in [6.07, 6.45) is 6.79. The largest absolute Gasteiger partial charge is 0.244 e. The molecule has 0 unspecified atom stereocenters. The number of nitrogens with zero attached hydrogens (tertiary/aromatic N) is 1. The van der Waals surface area contributed by atoms with Crippen LogP contribution in [0, 0.1) is 0 Å². The Hall–Kier alpha value is -0.560. The molecule has 0 aliphatic heterocycles. The zero-order valence-electron chi connectivity index (χ0n) is 7.39. The molecule has 1 aromatic rings. The van der Waals surface area contributed by atoms with E-state index < -0.39 is 0 Å². The highest BCUT2D eigenvalue weighted by Gasteiger charge is 1.93. The van der Waals surface area contributed by atoms with Crippen molar-refractivity contribution in [3.8, 4) is 0 Å². The van der Waals surface area contributed by atoms with Crippen molar-refractivity contribution in [1.29, 1.82) is 0 Å². The molecule has 0 fully saturated rings. The van der Waals surface area contributed by atoms with E-state index in [2.05, 4.69) is 11.9 Å². The maximum atomic E-state index is 5.66. The van der Waals surface area contributed by atoms with Crippen molar-refractivity contribution >= 4 is 11.6 Å². The number of aryl methyl sites for hydroxylation is 1. The Labute approximate surface area is 78.8 Å². The minimum absolute atomic E-state index is 0.578. The van der Waals surface area contributed by atoms with Crippen LogP contribution < -0.4 is 0 Å². The molecule has 0 saturated heterocycles. The normalized spacial score (nSPS) is 10.2. The Bertz CT molecular complexity index is 218. The predicted octanol–water partition coefficient (Wildman–Crippen LogP) is 3.47. The highest BCUT2D eigenvalue weighted by molar-refractivity contribution is 6.29. The van der Waals surface area contributed by atoms with E-state index in [4.69, 9.17) is 11.6 Å². The fourth-order valence-electron chi connectivity index (χ4n) is 1.13. The maximum Gasteiger partial charge on any atom is 0.129 e. The number of unbranched alkanes of at least 4 members (excludes halogenated alkanes) is 2. The first-order valence-electron chi connectivity index (χ1n) is 4.43. The van der Waals surface area contributed by atoms with E-state index in [1.54, 1.807) is 0 Å². The molecule has 0 N–H and O–H groups in total. The second kappa shape index (κ2) is 5.15. The molecule has 12 heavy (non-hydrogen) atoms. The highest BCUT2D eigenvalue weighted by Crippen LogP contribution is 2.08. The molecule has 0 amide bonds. The SMILES string of the molecule is CCCCCc1ccc(Cl)nc1. The van der Waals surface area contributed by atoms with E-state index in [0.29, 0.717) is 5.15 Å². The monoisotopic (exact) mass is 183 g/mol. The molecule has 0 bridgehead atoms. The quantitative estimate of drug-likeness (QED) is 0.515. The zero-order chi connectivity index (χ0) is 8.81.